The Morgan fingerprint density at radius 1 is 0.821 bits per heavy atom. The lowest BCUT2D eigenvalue weighted by Crippen LogP contribution is -2.56. The zero-order valence-electron chi connectivity index (χ0n) is 21.2. The highest BCUT2D eigenvalue weighted by atomic mass is 16.5. The molecular weight excluding hydrogens is 350 g/mol. The van der Waals surface area contributed by atoms with Crippen molar-refractivity contribution < 1.29 is 14.3 Å². The number of hydrogen-bond acceptors (Lipinski definition) is 3. The monoisotopic (exact) mass is 399 g/mol. The third kappa shape index (κ3) is 10.2. The van der Waals surface area contributed by atoms with Gasteiger partial charge in [0, 0.05) is 25.8 Å². The molecule has 0 aromatic rings. The molecule has 0 saturated heterocycles. The van der Waals surface area contributed by atoms with Crippen molar-refractivity contribution in [1.82, 2.24) is 4.90 Å². The van der Waals surface area contributed by atoms with Gasteiger partial charge in [0.25, 0.3) is 0 Å². The fourth-order valence-corrected chi connectivity index (χ4v) is 3.60. The number of hydrogen-bond donors (Lipinski definition) is 0. The molecule has 0 saturated carbocycles. The topological polar surface area (TPSA) is 38.8 Å². The smallest absolute Gasteiger partial charge is 0.231 e. The predicted molar refractivity (Wildman–Crippen MR) is 120 cm³/mol. The van der Waals surface area contributed by atoms with Crippen LogP contribution in [-0.2, 0) is 14.3 Å². The summed E-state index contributed by atoms with van der Waals surface area (Å²) in [4.78, 5) is 15.7. The number of ether oxygens (including phenoxy) is 2. The second kappa shape index (κ2) is 9.47. The van der Waals surface area contributed by atoms with Gasteiger partial charge in [-0.2, -0.15) is 0 Å². The second-order valence-corrected chi connectivity index (χ2v) is 12.7. The molecule has 0 bridgehead atoms. The Morgan fingerprint density at radius 3 is 1.71 bits per heavy atom. The summed E-state index contributed by atoms with van der Waals surface area (Å²) in [5.41, 5.74) is -0.826. The van der Waals surface area contributed by atoms with Crippen molar-refractivity contribution >= 4 is 5.91 Å². The van der Waals surface area contributed by atoms with E-state index >= 15 is 0 Å². The Kier molecular flexibility index (Phi) is 9.26. The fraction of sp³-hybridized carbons (Fsp3) is 0.958. The molecule has 0 spiro atoms. The van der Waals surface area contributed by atoms with Crippen molar-refractivity contribution in [3.05, 3.63) is 0 Å². The van der Waals surface area contributed by atoms with Crippen LogP contribution in [0.4, 0.5) is 0 Å². The second-order valence-electron chi connectivity index (χ2n) is 12.7. The number of nitrogens with zero attached hydrogens (tertiary/aromatic N) is 1. The quantitative estimate of drug-likeness (QED) is 0.427. The maximum atomic E-state index is 13.6. The summed E-state index contributed by atoms with van der Waals surface area (Å²) in [6.07, 6.45) is 1.75. The SMILES string of the molecule is COC(C)(C)CCOCC(C)(C)C(=O)N(CC(C)(C)C)C(C)(C)CC(C)(C)C. The summed E-state index contributed by atoms with van der Waals surface area (Å²) in [6.45, 7) is 27.5. The van der Waals surface area contributed by atoms with Crippen molar-refractivity contribution in [1.29, 1.82) is 0 Å². The molecule has 4 heteroatoms. The molecule has 0 aliphatic carbocycles. The lowest BCUT2D eigenvalue weighted by Gasteiger charge is -2.47. The number of methoxy groups -OCH3 is 1. The Balaban J connectivity index is 5.34. The van der Waals surface area contributed by atoms with E-state index in [0.717, 1.165) is 19.4 Å². The molecule has 168 valence electrons. The van der Waals surface area contributed by atoms with Gasteiger partial charge in [0.2, 0.25) is 5.91 Å². The maximum absolute atomic E-state index is 13.6. The van der Waals surface area contributed by atoms with Crippen molar-refractivity contribution in [2.75, 3.05) is 26.9 Å². The molecule has 4 nitrogen and oxygen atoms in total. The van der Waals surface area contributed by atoms with Gasteiger partial charge in [-0.25, -0.2) is 0 Å². The minimum atomic E-state index is -0.572. The van der Waals surface area contributed by atoms with E-state index < -0.39 is 5.41 Å². The molecule has 0 rings (SSSR count). The maximum Gasteiger partial charge on any atom is 0.231 e. The van der Waals surface area contributed by atoms with Crippen LogP contribution in [0, 0.1) is 16.2 Å². The summed E-state index contributed by atoms with van der Waals surface area (Å²) in [5.74, 6) is 0.169. The van der Waals surface area contributed by atoms with Gasteiger partial charge in [-0.15, -0.1) is 0 Å². The minimum absolute atomic E-state index is 0.0320. The Hall–Kier alpha value is -0.610. The minimum Gasteiger partial charge on any atom is -0.380 e. The zero-order valence-corrected chi connectivity index (χ0v) is 21.2. The molecule has 28 heavy (non-hydrogen) atoms. The number of carbonyl (C=O) groups excluding carboxylic acids is 1. The lowest BCUT2D eigenvalue weighted by molar-refractivity contribution is -0.152. The van der Waals surface area contributed by atoms with Gasteiger partial charge < -0.3 is 14.4 Å². The average Bonchev–Trinajstić information content (AvgIpc) is 2.45. The molecule has 0 aromatic heterocycles. The normalized spacial score (nSPS) is 14.3. The van der Waals surface area contributed by atoms with E-state index in [0.29, 0.717) is 13.2 Å². The molecule has 0 unspecified atom stereocenters. The molecule has 0 aromatic carbocycles. The first-order valence-electron chi connectivity index (χ1n) is 10.7. The first kappa shape index (κ1) is 27.4. The highest BCUT2D eigenvalue weighted by Crippen LogP contribution is 2.36. The van der Waals surface area contributed by atoms with E-state index in [1.165, 1.54) is 0 Å². The van der Waals surface area contributed by atoms with Crippen LogP contribution >= 0.6 is 0 Å². The fourth-order valence-electron chi connectivity index (χ4n) is 3.60. The van der Waals surface area contributed by atoms with Gasteiger partial charge in [0.15, 0.2) is 0 Å². The van der Waals surface area contributed by atoms with E-state index in [9.17, 15) is 4.79 Å². The molecule has 0 fully saturated rings. The average molecular weight is 400 g/mol. The van der Waals surface area contributed by atoms with Gasteiger partial charge in [-0.1, -0.05) is 41.5 Å². The van der Waals surface area contributed by atoms with E-state index in [1.54, 1.807) is 7.11 Å². The first-order valence-corrected chi connectivity index (χ1v) is 10.7. The number of carbonyl (C=O) groups is 1. The van der Waals surface area contributed by atoms with Gasteiger partial charge in [-0.3, -0.25) is 4.79 Å². The lowest BCUT2D eigenvalue weighted by atomic mass is 9.78. The Labute approximate surface area is 175 Å². The van der Waals surface area contributed by atoms with Crippen LogP contribution in [0.25, 0.3) is 0 Å². The molecule has 0 N–H and O–H groups in total. The molecule has 0 atom stereocenters. The van der Waals surface area contributed by atoms with E-state index in [4.69, 9.17) is 9.47 Å². The third-order valence-corrected chi connectivity index (χ3v) is 5.01. The van der Waals surface area contributed by atoms with Gasteiger partial charge in [0.1, 0.15) is 0 Å². The van der Waals surface area contributed by atoms with Crippen molar-refractivity contribution in [3.8, 4) is 0 Å². The highest BCUT2D eigenvalue weighted by Gasteiger charge is 2.42. The van der Waals surface area contributed by atoms with Gasteiger partial charge in [0.05, 0.1) is 17.6 Å². The van der Waals surface area contributed by atoms with Crippen LogP contribution < -0.4 is 0 Å². The van der Waals surface area contributed by atoms with E-state index in [1.807, 2.05) is 27.7 Å². The summed E-state index contributed by atoms with van der Waals surface area (Å²) in [5, 5.41) is 0. The number of amides is 1. The predicted octanol–water partition coefficient (Wildman–Crippen LogP) is 5.93. The highest BCUT2D eigenvalue weighted by molar-refractivity contribution is 5.83. The summed E-state index contributed by atoms with van der Waals surface area (Å²) in [7, 11) is 1.72. The zero-order chi connectivity index (χ0) is 22.6. The van der Waals surface area contributed by atoms with Crippen LogP contribution in [0.2, 0.25) is 0 Å². The molecular formula is C24H49NO3. The van der Waals surface area contributed by atoms with Crippen LogP contribution in [0.1, 0.15) is 95.9 Å². The van der Waals surface area contributed by atoms with Crippen LogP contribution in [0.15, 0.2) is 0 Å². The van der Waals surface area contributed by atoms with Crippen LogP contribution in [0.3, 0.4) is 0 Å². The molecule has 1 amide bonds. The van der Waals surface area contributed by atoms with Crippen molar-refractivity contribution in [3.63, 3.8) is 0 Å². The van der Waals surface area contributed by atoms with Crippen molar-refractivity contribution in [2.24, 2.45) is 16.2 Å². The van der Waals surface area contributed by atoms with Gasteiger partial charge >= 0.3 is 0 Å². The molecule has 0 radical (unpaired) electrons. The summed E-state index contributed by atoms with van der Waals surface area (Å²) < 4.78 is 11.4. The summed E-state index contributed by atoms with van der Waals surface area (Å²) >= 11 is 0. The largest absolute Gasteiger partial charge is 0.380 e. The first-order chi connectivity index (χ1) is 12.2. The van der Waals surface area contributed by atoms with E-state index in [-0.39, 0.29) is 27.9 Å². The van der Waals surface area contributed by atoms with E-state index in [2.05, 4.69) is 60.3 Å². The van der Waals surface area contributed by atoms with Crippen LogP contribution in [0.5, 0.6) is 0 Å². The standard InChI is InChI=1S/C24H49NO3/c1-20(2,3)16-23(9,10)25(17-21(4,5)6)19(26)22(7,8)18-28-15-14-24(11,12)27-13/h14-18H2,1-13H3. The van der Waals surface area contributed by atoms with Crippen LogP contribution in [-0.4, -0.2) is 48.8 Å². The summed E-state index contributed by atoms with van der Waals surface area (Å²) in [6, 6.07) is 0. The van der Waals surface area contributed by atoms with Crippen molar-refractivity contribution in [2.45, 2.75) is 107 Å². The number of rotatable bonds is 10. The molecule has 0 aliphatic rings. The third-order valence-electron chi connectivity index (χ3n) is 5.01. The Morgan fingerprint density at radius 2 is 1.32 bits per heavy atom. The Bertz CT molecular complexity index is 493. The van der Waals surface area contributed by atoms with Gasteiger partial charge in [-0.05, 0) is 65.2 Å². The molecule has 0 aliphatic heterocycles. The molecule has 0 heterocycles.